The molecule has 2 atom stereocenters. The van der Waals surface area contributed by atoms with E-state index in [9.17, 15) is 4.79 Å². The average molecular weight is 247 g/mol. The smallest absolute Gasteiger partial charge is 0.235 e. The van der Waals surface area contributed by atoms with E-state index in [1.165, 1.54) is 0 Å². The van der Waals surface area contributed by atoms with Gasteiger partial charge in [0.05, 0.1) is 18.8 Å². The minimum Gasteiger partial charge on any atom is -0.382 e. The summed E-state index contributed by atoms with van der Waals surface area (Å²) in [4.78, 5) is 11.1. The number of carbonyl (C=O) groups excluding carboxylic acids is 1. The molecule has 0 saturated heterocycles. The molecule has 6 heteroatoms. The van der Waals surface area contributed by atoms with Gasteiger partial charge in [-0.15, -0.1) is 0 Å². The van der Waals surface area contributed by atoms with E-state index in [1.807, 2.05) is 13.8 Å². The van der Waals surface area contributed by atoms with Gasteiger partial charge in [-0.1, -0.05) is 0 Å². The first-order valence-electron chi connectivity index (χ1n) is 5.94. The Morgan fingerprint density at radius 2 is 2.00 bits per heavy atom. The highest BCUT2D eigenvalue weighted by atomic mass is 16.5. The van der Waals surface area contributed by atoms with Crippen LogP contribution in [-0.4, -0.2) is 44.9 Å². The molecule has 0 saturated carbocycles. The zero-order valence-electron chi connectivity index (χ0n) is 11.0. The molecule has 1 amide bonds. The number of ether oxygens (including phenoxy) is 2. The molecule has 0 aromatic heterocycles. The molecule has 17 heavy (non-hydrogen) atoms. The Hall–Kier alpha value is -0.690. The summed E-state index contributed by atoms with van der Waals surface area (Å²) in [5, 5.41) is 2.74. The molecule has 6 nitrogen and oxygen atoms in total. The van der Waals surface area contributed by atoms with E-state index in [1.54, 1.807) is 7.11 Å². The monoisotopic (exact) mass is 247 g/mol. The number of amides is 1. The Balaban J connectivity index is 3.40. The molecule has 0 aliphatic heterocycles. The Morgan fingerprint density at radius 3 is 2.59 bits per heavy atom. The van der Waals surface area contributed by atoms with Gasteiger partial charge in [-0.25, -0.2) is 0 Å². The van der Waals surface area contributed by atoms with Gasteiger partial charge in [0.2, 0.25) is 5.91 Å². The number of hydrogen-bond donors (Lipinski definition) is 3. The quantitative estimate of drug-likeness (QED) is 0.367. The number of nitrogens with one attached hydrogen (secondary N) is 2. The second-order valence-corrected chi connectivity index (χ2v) is 4.04. The summed E-state index contributed by atoms with van der Waals surface area (Å²) in [7, 11) is 1.69. The molecule has 0 bridgehead atoms. The van der Waals surface area contributed by atoms with Crippen molar-refractivity contribution in [3.8, 4) is 0 Å². The van der Waals surface area contributed by atoms with Crippen molar-refractivity contribution in [1.82, 2.24) is 10.7 Å². The van der Waals surface area contributed by atoms with Crippen molar-refractivity contribution in [2.45, 2.75) is 38.9 Å². The van der Waals surface area contributed by atoms with Crippen molar-refractivity contribution in [2.24, 2.45) is 5.84 Å². The first-order valence-corrected chi connectivity index (χ1v) is 5.94. The van der Waals surface area contributed by atoms with Crippen molar-refractivity contribution in [2.75, 3.05) is 26.8 Å². The standard InChI is InChI=1S/C11H25N3O3/c1-9(16-3)5-7-17-10(2)4-6-13-11(15)8-14-12/h9-10,14H,4-8,12H2,1-3H3,(H,13,15)/t9?,10-/m0/s1. The zero-order valence-corrected chi connectivity index (χ0v) is 11.0. The number of nitrogens with two attached hydrogens (primary N) is 1. The summed E-state index contributed by atoms with van der Waals surface area (Å²) in [5.41, 5.74) is 2.30. The molecule has 0 rings (SSSR count). The molecule has 0 aromatic rings. The Kier molecular flexibility index (Phi) is 10.0. The van der Waals surface area contributed by atoms with Crippen LogP contribution in [0.15, 0.2) is 0 Å². The van der Waals surface area contributed by atoms with Gasteiger partial charge in [0.25, 0.3) is 0 Å². The van der Waals surface area contributed by atoms with Crippen LogP contribution in [0.25, 0.3) is 0 Å². The van der Waals surface area contributed by atoms with E-state index in [0.29, 0.717) is 13.2 Å². The van der Waals surface area contributed by atoms with E-state index in [4.69, 9.17) is 15.3 Å². The van der Waals surface area contributed by atoms with Crippen molar-refractivity contribution in [3.63, 3.8) is 0 Å². The van der Waals surface area contributed by atoms with Gasteiger partial charge in [0.1, 0.15) is 0 Å². The Morgan fingerprint density at radius 1 is 1.29 bits per heavy atom. The van der Waals surface area contributed by atoms with Crippen LogP contribution in [0, 0.1) is 0 Å². The van der Waals surface area contributed by atoms with Crippen LogP contribution in [0.5, 0.6) is 0 Å². The normalized spacial score (nSPS) is 14.4. The molecule has 0 heterocycles. The van der Waals surface area contributed by atoms with E-state index in [0.717, 1.165) is 12.8 Å². The predicted molar refractivity (Wildman–Crippen MR) is 66.3 cm³/mol. The minimum absolute atomic E-state index is 0.104. The van der Waals surface area contributed by atoms with Crippen LogP contribution in [0.1, 0.15) is 26.7 Å². The van der Waals surface area contributed by atoms with Crippen molar-refractivity contribution < 1.29 is 14.3 Å². The maximum Gasteiger partial charge on any atom is 0.235 e. The zero-order chi connectivity index (χ0) is 13.1. The molecule has 0 fully saturated rings. The molecular formula is C11H25N3O3. The minimum atomic E-state index is -0.104. The molecule has 0 spiro atoms. The second-order valence-electron chi connectivity index (χ2n) is 4.04. The number of hydrogen-bond acceptors (Lipinski definition) is 5. The lowest BCUT2D eigenvalue weighted by Gasteiger charge is -2.15. The van der Waals surface area contributed by atoms with Crippen LogP contribution in [0.3, 0.4) is 0 Å². The summed E-state index contributed by atoms with van der Waals surface area (Å²) in [5.74, 6) is 4.92. The molecular weight excluding hydrogens is 222 g/mol. The van der Waals surface area contributed by atoms with E-state index in [-0.39, 0.29) is 24.7 Å². The average Bonchev–Trinajstić information content (AvgIpc) is 2.29. The fourth-order valence-electron chi connectivity index (χ4n) is 1.21. The first-order chi connectivity index (χ1) is 8.10. The molecule has 0 aliphatic rings. The summed E-state index contributed by atoms with van der Waals surface area (Å²) >= 11 is 0. The predicted octanol–water partition coefficient (Wildman–Crippen LogP) is -0.214. The van der Waals surface area contributed by atoms with E-state index in [2.05, 4.69) is 10.7 Å². The lowest BCUT2D eigenvalue weighted by atomic mass is 10.2. The number of rotatable bonds is 10. The van der Waals surface area contributed by atoms with Gasteiger partial charge in [-0.05, 0) is 26.7 Å². The van der Waals surface area contributed by atoms with Crippen molar-refractivity contribution >= 4 is 5.91 Å². The lowest BCUT2D eigenvalue weighted by Crippen LogP contribution is -2.38. The van der Waals surface area contributed by atoms with Crippen LogP contribution in [0.2, 0.25) is 0 Å². The maximum absolute atomic E-state index is 11.1. The number of hydrazine groups is 1. The highest BCUT2D eigenvalue weighted by molar-refractivity contribution is 5.77. The highest BCUT2D eigenvalue weighted by Gasteiger charge is 2.05. The molecule has 1 unspecified atom stereocenters. The third kappa shape index (κ3) is 10.2. The maximum atomic E-state index is 11.1. The first kappa shape index (κ1) is 16.3. The number of methoxy groups -OCH3 is 1. The largest absolute Gasteiger partial charge is 0.382 e. The second kappa shape index (κ2) is 10.5. The topological polar surface area (TPSA) is 85.6 Å². The molecule has 102 valence electrons. The molecule has 0 aromatic carbocycles. The SMILES string of the molecule is COC(C)CCO[C@@H](C)CCNC(=O)CNN. The fourth-order valence-corrected chi connectivity index (χ4v) is 1.21. The van der Waals surface area contributed by atoms with Crippen molar-refractivity contribution in [1.29, 1.82) is 0 Å². The Bertz CT molecular complexity index is 202. The molecule has 0 radical (unpaired) electrons. The van der Waals surface area contributed by atoms with Crippen molar-refractivity contribution in [3.05, 3.63) is 0 Å². The van der Waals surface area contributed by atoms with Gasteiger partial charge >= 0.3 is 0 Å². The summed E-state index contributed by atoms with van der Waals surface area (Å²) in [6, 6.07) is 0. The molecule has 4 N–H and O–H groups in total. The van der Waals surface area contributed by atoms with E-state index >= 15 is 0 Å². The van der Waals surface area contributed by atoms with Crippen LogP contribution in [-0.2, 0) is 14.3 Å². The number of carbonyl (C=O) groups is 1. The highest BCUT2D eigenvalue weighted by Crippen LogP contribution is 2.01. The van der Waals surface area contributed by atoms with Gasteiger partial charge in [0, 0.05) is 20.3 Å². The summed E-state index contributed by atoms with van der Waals surface area (Å²) in [6.45, 7) is 5.41. The lowest BCUT2D eigenvalue weighted by molar-refractivity contribution is -0.120. The molecule has 0 aliphatic carbocycles. The third-order valence-corrected chi connectivity index (χ3v) is 2.46. The summed E-state index contributed by atoms with van der Waals surface area (Å²) < 4.78 is 10.7. The van der Waals surface area contributed by atoms with Crippen LogP contribution >= 0.6 is 0 Å². The Labute approximate surface area is 103 Å². The van der Waals surface area contributed by atoms with Crippen LogP contribution < -0.4 is 16.6 Å². The third-order valence-electron chi connectivity index (χ3n) is 2.46. The van der Waals surface area contributed by atoms with Gasteiger partial charge in [-0.3, -0.25) is 16.1 Å². The van der Waals surface area contributed by atoms with Gasteiger partial charge in [0.15, 0.2) is 0 Å². The summed E-state index contributed by atoms with van der Waals surface area (Å²) in [6.07, 6.45) is 2.02. The fraction of sp³-hybridized carbons (Fsp3) is 0.909. The van der Waals surface area contributed by atoms with E-state index < -0.39 is 0 Å². The van der Waals surface area contributed by atoms with Gasteiger partial charge < -0.3 is 14.8 Å². The van der Waals surface area contributed by atoms with Crippen LogP contribution in [0.4, 0.5) is 0 Å². The van der Waals surface area contributed by atoms with Gasteiger partial charge in [-0.2, -0.15) is 0 Å².